The van der Waals surface area contributed by atoms with Crippen LogP contribution in [0.1, 0.15) is 31.2 Å². The molecule has 0 radical (unpaired) electrons. The van der Waals surface area contributed by atoms with Crippen LogP contribution < -0.4 is 15.5 Å². The van der Waals surface area contributed by atoms with E-state index in [1.165, 1.54) is 22.5 Å². The molecule has 1 aromatic carbocycles. The summed E-state index contributed by atoms with van der Waals surface area (Å²) in [5.74, 6) is 0.636. The predicted octanol–water partition coefficient (Wildman–Crippen LogP) is 2.83. The van der Waals surface area contributed by atoms with Crippen molar-refractivity contribution < 1.29 is 4.74 Å². The van der Waals surface area contributed by atoms with Crippen LogP contribution in [-0.2, 0) is 18.2 Å². The summed E-state index contributed by atoms with van der Waals surface area (Å²) in [6.45, 7) is 4.27. The molecule has 2 aromatic rings. The summed E-state index contributed by atoms with van der Waals surface area (Å²) in [7, 11) is 1.95. The monoisotopic (exact) mass is 420 g/mol. The molecule has 3 aliphatic heterocycles. The maximum absolute atomic E-state index is 9.13. The second-order valence-electron chi connectivity index (χ2n) is 8.76. The minimum absolute atomic E-state index is 0.459. The highest BCUT2D eigenvalue weighted by atomic mass is 16.5. The summed E-state index contributed by atoms with van der Waals surface area (Å²) in [5, 5.41) is 20.7. The molecule has 5 rings (SSSR count). The third-order valence-corrected chi connectivity index (χ3v) is 6.61. The van der Waals surface area contributed by atoms with E-state index in [0.717, 1.165) is 76.1 Å². The van der Waals surface area contributed by atoms with Crippen molar-refractivity contribution >= 4 is 11.5 Å². The van der Waals surface area contributed by atoms with Crippen molar-refractivity contribution in [3.05, 3.63) is 47.4 Å². The van der Waals surface area contributed by atoms with Gasteiger partial charge in [0.25, 0.3) is 0 Å². The first-order chi connectivity index (χ1) is 15.2. The number of amidine groups is 1. The molecule has 7 heteroatoms. The van der Waals surface area contributed by atoms with Gasteiger partial charge in [0.15, 0.2) is 0 Å². The number of benzene rings is 1. The van der Waals surface area contributed by atoms with Crippen LogP contribution in [0.5, 0.6) is 0 Å². The van der Waals surface area contributed by atoms with Crippen molar-refractivity contribution in [1.82, 2.24) is 20.4 Å². The van der Waals surface area contributed by atoms with Gasteiger partial charge in [0.2, 0.25) is 0 Å². The van der Waals surface area contributed by atoms with Crippen molar-refractivity contribution in [1.29, 1.82) is 5.41 Å². The Morgan fingerprint density at radius 2 is 2.10 bits per heavy atom. The number of aryl methyl sites for hydroxylation is 2. The van der Waals surface area contributed by atoms with E-state index < -0.39 is 0 Å². The quantitative estimate of drug-likeness (QED) is 0.524. The fraction of sp³-hybridized carbons (Fsp3) is 0.500. The number of hydrogen-bond donors (Lipinski definition) is 3. The van der Waals surface area contributed by atoms with Crippen LogP contribution in [0.4, 0.5) is 5.69 Å². The van der Waals surface area contributed by atoms with Crippen LogP contribution in [0.3, 0.4) is 0 Å². The molecule has 0 spiro atoms. The minimum atomic E-state index is 0.459. The van der Waals surface area contributed by atoms with E-state index >= 15 is 0 Å². The van der Waals surface area contributed by atoms with Crippen LogP contribution in [0.2, 0.25) is 0 Å². The first-order valence-corrected chi connectivity index (χ1v) is 11.4. The number of anilines is 1. The Kier molecular flexibility index (Phi) is 5.78. The van der Waals surface area contributed by atoms with Gasteiger partial charge < -0.3 is 20.3 Å². The molecule has 1 saturated heterocycles. The topological polar surface area (TPSA) is 78.2 Å². The first kappa shape index (κ1) is 20.3. The lowest BCUT2D eigenvalue weighted by Gasteiger charge is -2.35. The molecule has 164 valence electrons. The number of rotatable bonds is 4. The van der Waals surface area contributed by atoms with Crippen LogP contribution in [-0.4, -0.2) is 54.5 Å². The second kappa shape index (κ2) is 8.85. The van der Waals surface area contributed by atoms with Crippen molar-refractivity contribution in [2.24, 2.45) is 7.05 Å². The standard InChI is InChI=1S/C24H32N6O/c1-29-16-19(14-27-29)17-4-5-23-18(13-17)3-2-10-30(23)24(25)21-15-26-9-6-22(21)28-20-7-11-31-12-8-20/h4-5,13-14,16,20,25-26,28H,2-3,6-12,15H2,1H3. The summed E-state index contributed by atoms with van der Waals surface area (Å²) in [6.07, 6.45) is 9.12. The number of nitrogens with one attached hydrogen (secondary N) is 3. The van der Waals surface area contributed by atoms with Gasteiger partial charge in [0.1, 0.15) is 5.84 Å². The molecule has 0 atom stereocenters. The summed E-state index contributed by atoms with van der Waals surface area (Å²) >= 11 is 0. The molecule has 7 nitrogen and oxygen atoms in total. The average Bonchev–Trinajstić information content (AvgIpc) is 3.25. The highest BCUT2D eigenvalue weighted by Crippen LogP contribution is 2.33. The van der Waals surface area contributed by atoms with Crippen molar-refractivity contribution in [2.45, 2.75) is 38.1 Å². The molecule has 0 aliphatic carbocycles. The Labute approximate surface area is 184 Å². The number of ether oxygens (including phenoxy) is 1. The lowest BCUT2D eigenvalue weighted by atomic mass is 9.95. The molecule has 1 aromatic heterocycles. The van der Waals surface area contributed by atoms with Crippen LogP contribution in [0.25, 0.3) is 11.1 Å². The molecule has 3 aliphatic rings. The fourth-order valence-corrected chi connectivity index (χ4v) is 4.90. The molecule has 3 N–H and O–H groups in total. The van der Waals surface area contributed by atoms with E-state index in [2.05, 4.69) is 45.0 Å². The maximum Gasteiger partial charge on any atom is 0.131 e. The van der Waals surface area contributed by atoms with Crippen LogP contribution in [0.15, 0.2) is 41.9 Å². The normalized spacial score (nSPS) is 20.0. The zero-order chi connectivity index (χ0) is 21.2. The number of fused-ring (bicyclic) bond motifs is 1. The fourth-order valence-electron chi connectivity index (χ4n) is 4.90. The van der Waals surface area contributed by atoms with Gasteiger partial charge in [-0.25, -0.2) is 0 Å². The predicted molar refractivity (Wildman–Crippen MR) is 124 cm³/mol. The van der Waals surface area contributed by atoms with Gasteiger partial charge >= 0.3 is 0 Å². The Hall–Kier alpha value is -2.64. The summed E-state index contributed by atoms with van der Waals surface area (Å²) < 4.78 is 7.36. The number of hydrogen-bond acceptors (Lipinski definition) is 5. The van der Waals surface area contributed by atoms with Gasteiger partial charge in [0.05, 0.1) is 6.20 Å². The third kappa shape index (κ3) is 4.25. The molecule has 4 heterocycles. The SMILES string of the molecule is Cn1cc(-c2ccc3c(c2)CCCN3C(=N)C2=C(NC3CCOCC3)CCNC2)cn1. The molecule has 0 bridgehead atoms. The van der Waals surface area contributed by atoms with E-state index in [1.807, 2.05) is 17.9 Å². The second-order valence-corrected chi connectivity index (χ2v) is 8.76. The average molecular weight is 421 g/mol. The Morgan fingerprint density at radius 1 is 1.23 bits per heavy atom. The van der Waals surface area contributed by atoms with Crippen molar-refractivity contribution in [3.8, 4) is 11.1 Å². The highest BCUT2D eigenvalue weighted by Gasteiger charge is 2.27. The summed E-state index contributed by atoms with van der Waals surface area (Å²) in [6, 6.07) is 7.09. The molecular formula is C24H32N6O. The van der Waals surface area contributed by atoms with Gasteiger partial charge in [-0.2, -0.15) is 5.10 Å². The van der Waals surface area contributed by atoms with Gasteiger partial charge in [-0.05, 0) is 48.9 Å². The minimum Gasteiger partial charge on any atom is -0.385 e. The Balaban J connectivity index is 1.41. The lowest BCUT2D eigenvalue weighted by molar-refractivity contribution is 0.0800. The molecular weight excluding hydrogens is 388 g/mol. The maximum atomic E-state index is 9.13. The van der Waals surface area contributed by atoms with Gasteiger partial charge in [-0.3, -0.25) is 10.1 Å². The first-order valence-electron chi connectivity index (χ1n) is 11.4. The Bertz CT molecular complexity index is 988. The number of nitrogens with zero attached hydrogens (tertiary/aromatic N) is 3. The largest absolute Gasteiger partial charge is 0.385 e. The molecule has 0 unspecified atom stereocenters. The molecule has 1 fully saturated rings. The molecule has 31 heavy (non-hydrogen) atoms. The highest BCUT2D eigenvalue weighted by molar-refractivity contribution is 6.09. The van der Waals surface area contributed by atoms with Crippen molar-refractivity contribution in [2.75, 3.05) is 37.7 Å². The number of aromatic nitrogens is 2. The molecule has 0 amide bonds. The van der Waals surface area contributed by atoms with Crippen LogP contribution in [0, 0.1) is 5.41 Å². The summed E-state index contributed by atoms with van der Waals surface area (Å²) in [5.41, 5.74) is 7.19. The van der Waals surface area contributed by atoms with E-state index in [9.17, 15) is 0 Å². The van der Waals surface area contributed by atoms with Gasteiger partial charge in [-0.1, -0.05) is 6.07 Å². The van der Waals surface area contributed by atoms with E-state index in [-0.39, 0.29) is 0 Å². The smallest absolute Gasteiger partial charge is 0.131 e. The van der Waals surface area contributed by atoms with Gasteiger partial charge in [0, 0.05) is 81.1 Å². The van der Waals surface area contributed by atoms with Crippen molar-refractivity contribution in [3.63, 3.8) is 0 Å². The van der Waals surface area contributed by atoms with Gasteiger partial charge in [-0.15, -0.1) is 0 Å². The summed E-state index contributed by atoms with van der Waals surface area (Å²) in [4.78, 5) is 2.21. The van der Waals surface area contributed by atoms with E-state index in [4.69, 9.17) is 10.1 Å². The van der Waals surface area contributed by atoms with Crippen LogP contribution >= 0.6 is 0 Å². The lowest BCUT2D eigenvalue weighted by Crippen LogP contribution is -2.44. The van der Waals surface area contributed by atoms with E-state index in [0.29, 0.717) is 11.9 Å². The zero-order valence-corrected chi connectivity index (χ0v) is 18.3. The third-order valence-electron chi connectivity index (χ3n) is 6.61. The van der Waals surface area contributed by atoms with E-state index in [1.54, 1.807) is 0 Å². The Morgan fingerprint density at radius 3 is 2.90 bits per heavy atom. The molecule has 0 saturated carbocycles. The zero-order valence-electron chi connectivity index (χ0n) is 18.3.